The maximum Gasteiger partial charge on any atom is 0.242 e. The van der Waals surface area contributed by atoms with Crippen molar-refractivity contribution in [1.82, 2.24) is 10.2 Å². The summed E-state index contributed by atoms with van der Waals surface area (Å²) in [6.07, 6.45) is 0.853. The van der Waals surface area contributed by atoms with E-state index in [9.17, 15) is 9.59 Å². The van der Waals surface area contributed by atoms with Crippen LogP contribution in [-0.4, -0.2) is 34.6 Å². The number of nitrogens with zero attached hydrogens (tertiary/aromatic N) is 1. The van der Waals surface area contributed by atoms with Crippen molar-refractivity contribution in [3.05, 3.63) is 69.7 Å². The van der Waals surface area contributed by atoms with Gasteiger partial charge in [-0.3, -0.25) is 9.59 Å². The number of hydrogen-bond donors (Lipinski definition) is 1. The Labute approximate surface area is 192 Å². The van der Waals surface area contributed by atoms with Gasteiger partial charge in [-0.2, -0.15) is 0 Å². The van der Waals surface area contributed by atoms with Gasteiger partial charge in [0.2, 0.25) is 11.8 Å². The molecule has 0 heterocycles. The van der Waals surface area contributed by atoms with Crippen LogP contribution in [0, 0.1) is 6.92 Å². The van der Waals surface area contributed by atoms with E-state index in [4.69, 9.17) is 0 Å². The Morgan fingerprint density at radius 3 is 2.23 bits per heavy atom. The van der Waals surface area contributed by atoms with Crippen molar-refractivity contribution in [3.8, 4) is 0 Å². The van der Waals surface area contributed by atoms with Gasteiger partial charge in [0.1, 0.15) is 6.04 Å². The number of benzene rings is 2. The van der Waals surface area contributed by atoms with Crippen LogP contribution in [0.15, 0.2) is 53.0 Å². The number of thioether (sulfide) groups is 1. The molecular weight excluding hydrogens is 460 g/mol. The summed E-state index contributed by atoms with van der Waals surface area (Å²) >= 11 is 5.02. The second-order valence-electron chi connectivity index (χ2n) is 7.62. The van der Waals surface area contributed by atoms with Gasteiger partial charge in [-0.25, -0.2) is 0 Å². The van der Waals surface area contributed by atoms with Crippen molar-refractivity contribution in [1.29, 1.82) is 0 Å². The molecule has 6 heteroatoms. The van der Waals surface area contributed by atoms with E-state index in [-0.39, 0.29) is 17.9 Å². The molecule has 0 aliphatic rings. The molecule has 0 aliphatic carbocycles. The lowest BCUT2D eigenvalue weighted by molar-refractivity contribution is -0.138. The summed E-state index contributed by atoms with van der Waals surface area (Å²) in [7, 11) is 0. The Balaban J connectivity index is 2.06. The molecule has 0 saturated carbocycles. The zero-order valence-electron chi connectivity index (χ0n) is 18.2. The molecule has 0 aromatic heterocycles. The van der Waals surface area contributed by atoms with Crippen LogP contribution in [0.5, 0.6) is 0 Å². The summed E-state index contributed by atoms with van der Waals surface area (Å²) in [5, 5.41) is 3.00. The highest BCUT2D eigenvalue weighted by molar-refractivity contribution is 9.10. The molecule has 0 radical (unpaired) electrons. The second-order valence-corrected chi connectivity index (χ2v) is 9.52. The van der Waals surface area contributed by atoms with Gasteiger partial charge in [0.25, 0.3) is 0 Å². The number of aryl methyl sites for hydroxylation is 1. The van der Waals surface area contributed by atoms with E-state index in [1.165, 1.54) is 11.1 Å². The first-order valence-electron chi connectivity index (χ1n) is 10.3. The summed E-state index contributed by atoms with van der Waals surface area (Å²) in [5.41, 5.74) is 3.42. The van der Waals surface area contributed by atoms with E-state index in [1.807, 2.05) is 38.1 Å². The molecule has 2 aromatic carbocycles. The fourth-order valence-electron chi connectivity index (χ4n) is 2.86. The number of rotatable bonds is 10. The first kappa shape index (κ1) is 24.5. The van der Waals surface area contributed by atoms with Crippen LogP contribution in [0.4, 0.5) is 0 Å². The van der Waals surface area contributed by atoms with E-state index >= 15 is 0 Å². The zero-order valence-corrected chi connectivity index (χ0v) is 20.6. The third kappa shape index (κ3) is 7.80. The molecular formula is C24H31BrN2O2S. The second kappa shape index (κ2) is 12.2. The Kier molecular flexibility index (Phi) is 9.92. The topological polar surface area (TPSA) is 49.4 Å². The van der Waals surface area contributed by atoms with Crippen LogP contribution in [0.3, 0.4) is 0 Å². The average Bonchev–Trinajstić information content (AvgIpc) is 2.74. The van der Waals surface area contributed by atoms with Crippen LogP contribution < -0.4 is 5.32 Å². The van der Waals surface area contributed by atoms with Gasteiger partial charge in [-0.05, 0) is 50.5 Å². The zero-order chi connectivity index (χ0) is 22.1. The fraction of sp³-hybridized carbons (Fsp3) is 0.417. The maximum atomic E-state index is 13.1. The smallest absolute Gasteiger partial charge is 0.242 e. The van der Waals surface area contributed by atoms with Gasteiger partial charge in [-0.15, -0.1) is 11.8 Å². The molecule has 0 spiro atoms. The van der Waals surface area contributed by atoms with Crippen molar-refractivity contribution in [2.75, 3.05) is 5.75 Å². The molecule has 2 atom stereocenters. The molecule has 30 heavy (non-hydrogen) atoms. The normalized spacial score (nSPS) is 12.8. The lowest BCUT2D eigenvalue weighted by Gasteiger charge is -2.29. The molecule has 0 saturated heterocycles. The van der Waals surface area contributed by atoms with Crippen molar-refractivity contribution < 1.29 is 9.59 Å². The first-order chi connectivity index (χ1) is 14.3. The number of nitrogens with one attached hydrogen (secondary N) is 1. The van der Waals surface area contributed by atoms with Crippen molar-refractivity contribution >= 4 is 39.5 Å². The largest absolute Gasteiger partial charge is 0.352 e. The molecule has 0 bridgehead atoms. The van der Waals surface area contributed by atoms with E-state index in [1.54, 1.807) is 23.6 Å². The fourth-order valence-corrected chi connectivity index (χ4v) is 3.99. The monoisotopic (exact) mass is 490 g/mol. The van der Waals surface area contributed by atoms with Crippen LogP contribution in [0.25, 0.3) is 0 Å². The molecule has 0 unspecified atom stereocenters. The summed E-state index contributed by atoms with van der Waals surface area (Å²) in [6, 6.07) is 15.8. The number of carbonyl (C=O) groups is 2. The molecule has 2 aromatic rings. The predicted octanol–water partition coefficient (Wildman–Crippen LogP) is 5.32. The standard InChI is InChI=1S/C24H31BrN2O2S/c1-5-18(3)26-24(29)19(4)27(14-20-10-12-22(25)13-11-20)23(28)16-30-15-21-8-6-17(2)7-9-21/h6-13,18-19H,5,14-16H2,1-4H3,(H,26,29)/t18-,19+/m1/s1. The Hall–Kier alpha value is -1.79. The first-order valence-corrected chi connectivity index (χ1v) is 12.2. The summed E-state index contributed by atoms with van der Waals surface area (Å²) in [6.45, 7) is 8.28. The lowest BCUT2D eigenvalue weighted by Crippen LogP contribution is -2.50. The molecule has 2 amide bonds. The van der Waals surface area contributed by atoms with Crippen molar-refractivity contribution in [3.63, 3.8) is 0 Å². The number of halogens is 1. The highest BCUT2D eigenvalue weighted by Crippen LogP contribution is 2.18. The van der Waals surface area contributed by atoms with Crippen molar-refractivity contribution in [2.45, 2.75) is 58.5 Å². The molecule has 162 valence electrons. The van der Waals surface area contributed by atoms with Gasteiger partial charge in [0.05, 0.1) is 5.75 Å². The SMILES string of the molecule is CC[C@@H](C)NC(=O)[C@H](C)N(Cc1ccc(Br)cc1)C(=O)CSCc1ccc(C)cc1. The minimum absolute atomic E-state index is 0.0261. The van der Waals surface area contributed by atoms with Gasteiger partial charge < -0.3 is 10.2 Å². The highest BCUT2D eigenvalue weighted by Gasteiger charge is 2.26. The molecule has 2 rings (SSSR count). The van der Waals surface area contributed by atoms with E-state index < -0.39 is 6.04 Å². The van der Waals surface area contributed by atoms with Crippen LogP contribution in [-0.2, 0) is 21.9 Å². The Morgan fingerprint density at radius 1 is 1.03 bits per heavy atom. The summed E-state index contributed by atoms with van der Waals surface area (Å²) in [4.78, 5) is 27.5. The van der Waals surface area contributed by atoms with E-state index in [2.05, 4.69) is 52.4 Å². The van der Waals surface area contributed by atoms with Gasteiger partial charge in [0, 0.05) is 22.8 Å². The van der Waals surface area contributed by atoms with Gasteiger partial charge in [0.15, 0.2) is 0 Å². The predicted molar refractivity (Wildman–Crippen MR) is 129 cm³/mol. The van der Waals surface area contributed by atoms with E-state index in [0.717, 1.165) is 22.2 Å². The number of amides is 2. The summed E-state index contributed by atoms with van der Waals surface area (Å²) < 4.78 is 0.986. The molecule has 4 nitrogen and oxygen atoms in total. The Bertz CT molecular complexity index is 824. The maximum absolute atomic E-state index is 13.1. The molecule has 0 fully saturated rings. The highest BCUT2D eigenvalue weighted by atomic mass is 79.9. The number of hydrogen-bond acceptors (Lipinski definition) is 3. The minimum atomic E-state index is -0.532. The van der Waals surface area contributed by atoms with Gasteiger partial charge in [-0.1, -0.05) is 64.8 Å². The quantitative estimate of drug-likeness (QED) is 0.489. The summed E-state index contributed by atoms with van der Waals surface area (Å²) in [5.74, 6) is 0.969. The van der Waals surface area contributed by atoms with Crippen LogP contribution in [0.1, 0.15) is 43.9 Å². The minimum Gasteiger partial charge on any atom is -0.352 e. The van der Waals surface area contributed by atoms with Crippen LogP contribution >= 0.6 is 27.7 Å². The lowest BCUT2D eigenvalue weighted by atomic mass is 10.1. The van der Waals surface area contributed by atoms with E-state index in [0.29, 0.717) is 12.3 Å². The molecule has 1 N–H and O–H groups in total. The van der Waals surface area contributed by atoms with Gasteiger partial charge >= 0.3 is 0 Å². The average molecular weight is 491 g/mol. The molecule has 0 aliphatic heterocycles. The third-order valence-corrected chi connectivity index (χ3v) is 6.57. The number of carbonyl (C=O) groups excluding carboxylic acids is 2. The van der Waals surface area contributed by atoms with Crippen LogP contribution in [0.2, 0.25) is 0 Å². The Morgan fingerprint density at radius 2 is 1.63 bits per heavy atom. The third-order valence-electron chi connectivity index (χ3n) is 5.05. The van der Waals surface area contributed by atoms with Crippen molar-refractivity contribution in [2.24, 2.45) is 0 Å².